The Morgan fingerprint density at radius 2 is 1.03 bits per heavy atom. The molecule has 0 bridgehead atoms. The maximum Gasteiger partial charge on any atom is 0.220 e. The highest BCUT2D eigenvalue weighted by Gasteiger charge is 2.48. The van der Waals surface area contributed by atoms with Crippen LogP contribution >= 0.6 is 0 Å². The molecule has 5 unspecified atom stereocenters. The second-order valence-electron chi connectivity index (χ2n) is 19.6. The van der Waals surface area contributed by atoms with Crippen LogP contribution in [0.3, 0.4) is 0 Å². The highest BCUT2D eigenvalue weighted by atomic mass is 16.7. The Bertz CT molecular complexity index is 1210. The van der Waals surface area contributed by atoms with Crippen molar-refractivity contribution in [2.45, 2.75) is 293 Å². The molecule has 394 valence electrons. The minimum absolute atomic E-state index is 0.181. The number of nitrogens with one attached hydrogen (secondary N) is 1. The van der Waals surface area contributed by atoms with Gasteiger partial charge in [-0.25, -0.2) is 0 Å². The van der Waals surface area contributed by atoms with E-state index in [0.29, 0.717) is 6.42 Å². The van der Waals surface area contributed by atoms with Crippen LogP contribution in [0.25, 0.3) is 0 Å². The molecule has 1 amide bonds. The lowest BCUT2D eigenvalue weighted by Crippen LogP contribution is -2.62. The van der Waals surface area contributed by atoms with Gasteiger partial charge in [-0.3, -0.25) is 4.79 Å². The fourth-order valence-electron chi connectivity index (χ4n) is 9.10. The quantitative estimate of drug-likeness (QED) is 0.0213. The van der Waals surface area contributed by atoms with Crippen LogP contribution in [-0.4, -0.2) is 129 Å². The predicted octanol–water partition coefficient (Wildman–Crippen LogP) is 9.14. The molecule has 2 heterocycles. The van der Waals surface area contributed by atoms with Crippen molar-refractivity contribution in [2.75, 3.05) is 19.8 Å². The molecule has 8 N–H and O–H groups in total. The van der Waals surface area contributed by atoms with E-state index in [9.17, 15) is 40.5 Å². The van der Waals surface area contributed by atoms with E-state index in [1.807, 2.05) is 6.08 Å². The number of carbonyl (C=O) groups is 1. The van der Waals surface area contributed by atoms with Gasteiger partial charge in [0.2, 0.25) is 5.91 Å². The van der Waals surface area contributed by atoms with Crippen LogP contribution < -0.4 is 5.32 Å². The van der Waals surface area contributed by atoms with Gasteiger partial charge in [-0.2, -0.15) is 0 Å². The number of aliphatic hydroxyl groups excluding tert-OH is 7. The minimum atomic E-state index is -1.65. The molecular formula is C54H101NO12. The van der Waals surface area contributed by atoms with Crippen molar-refractivity contribution in [1.82, 2.24) is 5.32 Å². The number of rotatable bonds is 43. The van der Waals surface area contributed by atoms with Gasteiger partial charge in [0, 0.05) is 12.8 Å². The summed E-state index contributed by atoms with van der Waals surface area (Å²) in [5.41, 5.74) is 0. The molecule has 2 aliphatic rings. The number of carbonyl (C=O) groups excluding carboxylic acids is 1. The normalized spacial score (nSPS) is 25.6. The fraction of sp³-hybridized carbons (Fsp3) is 0.907. The maximum atomic E-state index is 13.2. The van der Waals surface area contributed by atoms with Gasteiger partial charge in [0.15, 0.2) is 12.6 Å². The van der Waals surface area contributed by atoms with Gasteiger partial charge in [-0.15, -0.1) is 0 Å². The van der Waals surface area contributed by atoms with E-state index < -0.39 is 80.7 Å². The summed E-state index contributed by atoms with van der Waals surface area (Å²) < 4.78 is 23.1. The van der Waals surface area contributed by atoms with Gasteiger partial charge in [0.1, 0.15) is 36.6 Å². The summed E-state index contributed by atoms with van der Waals surface area (Å²) in [5.74, 6) is -0.215. The third-order valence-electron chi connectivity index (χ3n) is 13.5. The first-order valence-electron chi connectivity index (χ1n) is 27.5. The Kier molecular flexibility index (Phi) is 37.9. The first kappa shape index (κ1) is 61.6. The average molecular weight is 956 g/mol. The van der Waals surface area contributed by atoms with Gasteiger partial charge in [-0.05, 0) is 44.9 Å². The third-order valence-corrected chi connectivity index (χ3v) is 13.5. The molecule has 2 rings (SSSR count). The Morgan fingerprint density at radius 3 is 1.51 bits per heavy atom. The maximum absolute atomic E-state index is 13.2. The molecule has 13 nitrogen and oxygen atoms in total. The second kappa shape index (κ2) is 41.2. The minimum Gasteiger partial charge on any atom is -0.394 e. The molecule has 0 aromatic carbocycles. The SMILES string of the molecule is CCCCCCCC/C=C\CCCCCCCCCCCCCC(=O)N[C@@H](CO[C@@H]1OC(CO)[C@@H](O[C@H]2CC(O)[C@@H](O)C(CO)O2)C(O)C1O)[C@H](O)/C=C/CCCCCCCCCCCCC. The molecule has 0 saturated carbocycles. The zero-order valence-corrected chi connectivity index (χ0v) is 42.3. The number of ether oxygens (including phenoxy) is 4. The predicted molar refractivity (Wildman–Crippen MR) is 266 cm³/mol. The van der Waals surface area contributed by atoms with Crippen molar-refractivity contribution in [3.05, 3.63) is 24.3 Å². The van der Waals surface area contributed by atoms with Crippen molar-refractivity contribution in [2.24, 2.45) is 0 Å². The van der Waals surface area contributed by atoms with Crippen molar-refractivity contribution < 1.29 is 59.5 Å². The zero-order valence-electron chi connectivity index (χ0n) is 42.3. The molecule has 13 heteroatoms. The van der Waals surface area contributed by atoms with Crippen molar-refractivity contribution >= 4 is 5.91 Å². The summed E-state index contributed by atoms with van der Waals surface area (Å²) in [6.07, 6.45) is 33.3. The van der Waals surface area contributed by atoms with Crippen LogP contribution in [0.4, 0.5) is 0 Å². The van der Waals surface area contributed by atoms with E-state index in [1.165, 1.54) is 154 Å². The first-order chi connectivity index (χ1) is 32.7. The fourth-order valence-corrected chi connectivity index (χ4v) is 9.10. The van der Waals surface area contributed by atoms with Gasteiger partial charge in [-0.1, -0.05) is 192 Å². The Hall–Kier alpha value is -1.49. The monoisotopic (exact) mass is 956 g/mol. The molecular weight excluding hydrogens is 855 g/mol. The molecule has 0 aromatic heterocycles. The first-order valence-corrected chi connectivity index (χ1v) is 27.5. The third kappa shape index (κ3) is 28.8. The van der Waals surface area contributed by atoms with Gasteiger partial charge in [0.25, 0.3) is 0 Å². The molecule has 0 aliphatic carbocycles. The molecule has 0 spiro atoms. The van der Waals surface area contributed by atoms with Crippen LogP contribution in [0.1, 0.15) is 226 Å². The summed E-state index contributed by atoms with van der Waals surface area (Å²) in [7, 11) is 0. The number of hydrogen-bond acceptors (Lipinski definition) is 12. The van der Waals surface area contributed by atoms with Crippen molar-refractivity contribution in [1.29, 1.82) is 0 Å². The summed E-state index contributed by atoms with van der Waals surface area (Å²) in [5, 5.41) is 76.3. The van der Waals surface area contributed by atoms with E-state index in [0.717, 1.165) is 44.9 Å². The largest absolute Gasteiger partial charge is 0.394 e. The van der Waals surface area contributed by atoms with E-state index in [2.05, 4.69) is 31.3 Å². The van der Waals surface area contributed by atoms with Crippen molar-refractivity contribution in [3.8, 4) is 0 Å². The van der Waals surface area contributed by atoms with Gasteiger partial charge < -0.3 is 60.0 Å². The molecule has 2 aliphatic heterocycles. The molecule has 0 radical (unpaired) electrons. The number of aliphatic hydroxyl groups is 7. The zero-order chi connectivity index (χ0) is 48.7. The van der Waals surface area contributed by atoms with E-state index in [4.69, 9.17) is 18.9 Å². The van der Waals surface area contributed by atoms with E-state index in [-0.39, 0.29) is 18.9 Å². The van der Waals surface area contributed by atoms with E-state index >= 15 is 0 Å². The summed E-state index contributed by atoms with van der Waals surface area (Å²) >= 11 is 0. The molecule has 2 fully saturated rings. The molecule has 67 heavy (non-hydrogen) atoms. The van der Waals surface area contributed by atoms with Crippen LogP contribution in [-0.2, 0) is 23.7 Å². The number of allylic oxidation sites excluding steroid dienone is 3. The topological polar surface area (TPSA) is 208 Å². The average Bonchev–Trinajstić information content (AvgIpc) is 3.32. The highest BCUT2D eigenvalue weighted by molar-refractivity contribution is 5.76. The lowest BCUT2D eigenvalue weighted by molar-refractivity contribution is -0.343. The second-order valence-corrected chi connectivity index (χ2v) is 19.6. The van der Waals surface area contributed by atoms with Crippen LogP contribution in [0.2, 0.25) is 0 Å². The summed E-state index contributed by atoms with van der Waals surface area (Å²) in [6, 6.07) is -0.874. The molecule has 0 aromatic rings. The summed E-state index contributed by atoms with van der Waals surface area (Å²) in [6.45, 7) is 3.04. The number of amides is 1. The highest BCUT2D eigenvalue weighted by Crippen LogP contribution is 2.29. The Morgan fingerprint density at radius 1 is 0.582 bits per heavy atom. The standard InChI is InChI=1S/C54H101NO12/c1-3-5-7-9-11-13-15-17-18-19-20-21-22-23-24-26-28-30-32-34-36-38-48(60)55-43(44(58)37-35-33-31-29-27-25-16-14-12-10-8-6-4-2)42-64-54-52(63)51(62)53(47(41-57)66-54)67-49-39-45(59)50(61)46(40-56)65-49/h17-18,35,37,43-47,49-54,56-59,61-63H,3-16,19-34,36,38-42H2,1-2H3,(H,55,60)/b18-17-,37-35+/t43-,44+,45?,46?,47?,49-,50+,51?,52?,53+,54+/m0/s1. The van der Waals surface area contributed by atoms with Crippen LogP contribution in [0.5, 0.6) is 0 Å². The summed E-state index contributed by atoms with van der Waals surface area (Å²) in [4.78, 5) is 13.2. The van der Waals surface area contributed by atoms with Gasteiger partial charge >= 0.3 is 0 Å². The number of unbranched alkanes of at least 4 members (excludes halogenated alkanes) is 28. The van der Waals surface area contributed by atoms with Crippen LogP contribution in [0, 0.1) is 0 Å². The molecule has 2 saturated heterocycles. The lowest BCUT2D eigenvalue weighted by Gasteiger charge is -2.44. The smallest absolute Gasteiger partial charge is 0.220 e. The van der Waals surface area contributed by atoms with E-state index in [1.54, 1.807) is 6.08 Å². The van der Waals surface area contributed by atoms with Crippen LogP contribution in [0.15, 0.2) is 24.3 Å². The van der Waals surface area contributed by atoms with Crippen molar-refractivity contribution in [3.63, 3.8) is 0 Å². The molecule has 11 atom stereocenters. The Labute approximate surface area is 406 Å². The van der Waals surface area contributed by atoms with Gasteiger partial charge in [0.05, 0.1) is 38.1 Å². The number of hydrogen-bond donors (Lipinski definition) is 8. The Balaban J connectivity index is 1.76. The lowest BCUT2D eigenvalue weighted by atomic mass is 9.98.